The van der Waals surface area contributed by atoms with Crippen molar-refractivity contribution < 1.29 is 0 Å². The predicted octanol–water partition coefficient (Wildman–Crippen LogP) is 10.2. The maximum Gasteiger partial charge on any atom is 0.0433 e. The van der Waals surface area contributed by atoms with Crippen molar-refractivity contribution in [1.82, 2.24) is 0 Å². The Morgan fingerprint density at radius 1 is 0.882 bits per heavy atom. The number of aryl methyl sites for hydroxylation is 1. The van der Waals surface area contributed by atoms with Crippen LogP contribution in [-0.2, 0) is 12.8 Å². The normalized spacial score (nSPS) is 14.4. The molecule has 3 aromatic carbocycles. The lowest BCUT2D eigenvalue weighted by atomic mass is 9.96. The second-order valence-corrected chi connectivity index (χ2v) is 11.3. The van der Waals surface area contributed by atoms with Gasteiger partial charge in [0, 0.05) is 29.7 Å². The highest BCUT2D eigenvalue weighted by molar-refractivity contribution is 7.26. The molecule has 2 heteroatoms. The highest BCUT2D eigenvalue weighted by atomic mass is 32.1. The fraction of sp³-hybridized carbons (Fsp3) is 0.188. The zero-order chi connectivity index (χ0) is 23.1. The molecular formula is C32H28S2. The number of fused-ring (bicyclic) bond motifs is 6. The van der Waals surface area contributed by atoms with E-state index in [0.717, 1.165) is 19.3 Å². The van der Waals surface area contributed by atoms with Gasteiger partial charge in [0.05, 0.1) is 0 Å². The van der Waals surface area contributed by atoms with Crippen LogP contribution in [0.25, 0.3) is 41.9 Å². The molecule has 2 heterocycles. The Labute approximate surface area is 209 Å². The van der Waals surface area contributed by atoms with Gasteiger partial charge in [-0.1, -0.05) is 85.3 Å². The smallest absolute Gasteiger partial charge is 0.0433 e. The van der Waals surface area contributed by atoms with Crippen molar-refractivity contribution in [2.45, 2.75) is 39.5 Å². The van der Waals surface area contributed by atoms with E-state index in [1.54, 1.807) is 5.56 Å². The van der Waals surface area contributed by atoms with Crippen LogP contribution in [0.15, 0.2) is 84.5 Å². The van der Waals surface area contributed by atoms with Crippen LogP contribution in [-0.4, -0.2) is 0 Å². The van der Waals surface area contributed by atoms with E-state index in [1.807, 2.05) is 22.7 Å². The molecule has 0 spiro atoms. The summed E-state index contributed by atoms with van der Waals surface area (Å²) in [7, 11) is 0. The summed E-state index contributed by atoms with van der Waals surface area (Å²) in [6.07, 6.45) is 13.9. The fourth-order valence-corrected chi connectivity index (χ4v) is 7.57. The third-order valence-electron chi connectivity index (χ3n) is 6.98. The van der Waals surface area contributed by atoms with E-state index in [0.29, 0.717) is 0 Å². The molecule has 1 aliphatic carbocycles. The number of rotatable bonds is 5. The standard InChI is InChI=1S/C32H28S2/c1-3-21(2)20-23(24-13-9-15-28-26-12-5-7-17-30(26)34-32(24)28)19-18-22-10-8-14-27-25-11-4-6-16-29(25)33-31(22)27/h5-10,12-17,19-20H,3-4,11,18H2,1-2H3/b21-20-,23-19+. The number of allylic oxidation sites excluding steroid dienone is 5. The number of benzene rings is 3. The molecule has 0 aliphatic heterocycles. The van der Waals surface area contributed by atoms with E-state index in [2.05, 4.69) is 98.8 Å². The Balaban J connectivity index is 1.49. The molecule has 0 amide bonds. The largest absolute Gasteiger partial charge is 0.135 e. The summed E-state index contributed by atoms with van der Waals surface area (Å²) < 4.78 is 4.22. The van der Waals surface area contributed by atoms with Crippen LogP contribution in [0.3, 0.4) is 0 Å². The van der Waals surface area contributed by atoms with Crippen LogP contribution >= 0.6 is 22.7 Å². The van der Waals surface area contributed by atoms with Crippen LogP contribution in [0.5, 0.6) is 0 Å². The van der Waals surface area contributed by atoms with Crippen LogP contribution in [0.2, 0.25) is 0 Å². The van der Waals surface area contributed by atoms with Crippen molar-refractivity contribution in [2.75, 3.05) is 0 Å². The average Bonchev–Trinajstić information content (AvgIpc) is 3.45. The minimum absolute atomic E-state index is 0.949. The molecule has 0 nitrogen and oxygen atoms in total. The lowest BCUT2D eigenvalue weighted by Crippen LogP contribution is -1.90. The maximum atomic E-state index is 2.46. The van der Waals surface area contributed by atoms with Gasteiger partial charge in [-0.05, 0) is 72.4 Å². The Bertz CT molecular complexity index is 1620. The molecule has 0 saturated heterocycles. The summed E-state index contributed by atoms with van der Waals surface area (Å²) in [5.41, 5.74) is 7.10. The molecule has 0 saturated carbocycles. The molecule has 6 rings (SSSR count). The summed E-state index contributed by atoms with van der Waals surface area (Å²) >= 11 is 3.89. The minimum atomic E-state index is 0.949. The average molecular weight is 477 g/mol. The van der Waals surface area contributed by atoms with Gasteiger partial charge in [-0.25, -0.2) is 0 Å². The Morgan fingerprint density at radius 2 is 1.71 bits per heavy atom. The molecule has 34 heavy (non-hydrogen) atoms. The van der Waals surface area contributed by atoms with E-state index >= 15 is 0 Å². The third-order valence-corrected chi connectivity index (χ3v) is 9.49. The van der Waals surface area contributed by atoms with Crippen molar-refractivity contribution in [3.05, 3.63) is 106 Å². The summed E-state index contributed by atoms with van der Waals surface area (Å²) in [5, 5.41) is 4.19. The van der Waals surface area contributed by atoms with E-state index in [1.165, 1.54) is 63.8 Å². The lowest BCUT2D eigenvalue weighted by Gasteiger charge is -2.08. The number of hydrogen-bond donors (Lipinski definition) is 0. The van der Waals surface area contributed by atoms with Crippen molar-refractivity contribution in [1.29, 1.82) is 0 Å². The Hall–Kier alpha value is -2.94. The first-order valence-corrected chi connectivity index (χ1v) is 13.8. The molecule has 1 aliphatic rings. The van der Waals surface area contributed by atoms with Gasteiger partial charge >= 0.3 is 0 Å². The quantitative estimate of drug-likeness (QED) is 0.221. The van der Waals surface area contributed by atoms with Gasteiger partial charge in [-0.2, -0.15) is 0 Å². The van der Waals surface area contributed by atoms with Crippen LogP contribution < -0.4 is 0 Å². The van der Waals surface area contributed by atoms with E-state index in [-0.39, 0.29) is 0 Å². The molecule has 0 bridgehead atoms. The van der Waals surface area contributed by atoms with Crippen LogP contribution in [0.1, 0.15) is 48.3 Å². The zero-order valence-electron chi connectivity index (χ0n) is 19.7. The topological polar surface area (TPSA) is 0 Å². The van der Waals surface area contributed by atoms with Gasteiger partial charge < -0.3 is 0 Å². The van der Waals surface area contributed by atoms with E-state index in [4.69, 9.17) is 0 Å². The minimum Gasteiger partial charge on any atom is -0.135 e. The van der Waals surface area contributed by atoms with Gasteiger partial charge in [0.2, 0.25) is 0 Å². The fourth-order valence-electron chi connectivity index (χ4n) is 5.03. The summed E-state index contributed by atoms with van der Waals surface area (Å²) in [6, 6.07) is 22.5. The molecule has 0 N–H and O–H groups in total. The maximum absolute atomic E-state index is 2.46. The van der Waals surface area contributed by atoms with Gasteiger partial charge in [-0.15, -0.1) is 22.7 Å². The van der Waals surface area contributed by atoms with Gasteiger partial charge in [0.15, 0.2) is 0 Å². The molecule has 0 radical (unpaired) electrons. The molecule has 0 unspecified atom stereocenters. The van der Waals surface area contributed by atoms with Crippen molar-refractivity contribution >= 4 is 64.6 Å². The van der Waals surface area contributed by atoms with Gasteiger partial charge in [0.25, 0.3) is 0 Å². The summed E-state index contributed by atoms with van der Waals surface area (Å²) in [5.74, 6) is 0. The van der Waals surface area contributed by atoms with E-state index < -0.39 is 0 Å². The van der Waals surface area contributed by atoms with E-state index in [9.17, 15) is 0 Å². The van der Waals surface area contributed by atoms with Gasteiger partial charge in [0.1, 0.15) is 0 Å². The lowest BCUT2D eigenvalue weighted by molar-refractivity contribution is 1.01. The van der Waals surface area contributed by atoms with Crippen molar-refractivity contribution in [2.24, 2.45) is 0 Å². The zero-order valence-corrected chi connectivity index (χ0v) is 21.4. The Morgan fingerprint density at radius 3 is 2.62 bits per heavy atom. The highest BCUT2D eigenvalue weighted by Crippen LogP contribution is 2.40. The number of thiophene rings is 2. The van der Waals surface area contributed by atoms with Gasteiger partial charge in [-0.3, -0.25) is 0 Å². The second-order valence-electron chi connectivity index (χ2n) is 9.17. The first-order valence-electron chi connectivity index (χ1n) is 12.2. The molecule has 2 aromatic heterocycles. The third kappa shape index (κ3) is 3.76. The molecular weight excluding hydrogens is 448 g/mol. The first kappa shape index (κ1) is 21.6. The van der Waals surface area contributed by atoms with Crippen LogP contribution in [0.4, 0.5) is 0 Å². The van der Waals surface area contributed by atoms with Crippen LogP contribution in [0, 0.1) is 0 Å². The first-order chi connectivity index (χ1) is 16.7. The highest BCUT2D eigenvalue weighted by Gasteiger charge is 2.15. The van der Waals surface area contributed by atoms with Crippen molar-refractivity contribution in [3.63, 3.8) is 0 Å². The summed E-state index contributed by atoms with van der Waals surface area (Å²) in [4.78, 5) is 1.45. The monoisotopic (exact) mass is 476 g/mol. The Kier molecular flexibility index (Phi) is 5.72. The van der Waals surface area contributed by atoms with Crippen molar-refractivity contribution in [3.8, 4) is 0 Å². The summed E-state index contributed by atoms with van der Waals surface area (Å²) in [6.45, 7) is 4.49. The SMILES string of the molecule is CC/C(C)=C\C(=C/Cc1cccc2c3c(sc12)C=CCC3)c1cccc2c1sc1ccccc12. The second kappa shape index (κ2) is 9.02. The number of hydrogen-bond acceptors (Lipinski definition) is 2. The molecule has 5 aromatic rings. The molecule has 0 atom stereocenters. The molecule has 168 valence electrons. The predicted molar refractivity (Wildman–Crippen MR) is 154 cm³/mol. The molecule has 0 fully saturated rings.